The minimum atomic E-state index is 0.0218. The number of nitrogens with zero attached hydrogens (tertiary/aromatic N) is 1. The first kappa shape index (κ1) is 22.1. The summed E-state index contributed by atoms with van der Waals surface area (Å²) >= 11 is 0. The molecule has 166 valence electrons. The Morgan fingerprint density at radius 3 is 2.41 bits per heavy atom. The second kappa shape index (κ2) is 9.17. The molecule has 0 radical (unpaired) electrons. The van der Waals surface area contributed by atoms with Crippen LogP contribution in [0.1, 0.15) is 54.7 Å². The molecule has 0 spiro atoms. The molecule has 4 nitrogen and oxygen atoms in total. The van der Waals surface area contributed by atoms with Gasteiger partial charge in [-0.2, -0.15) is 0 Å². The van der Waals surface area contributed by atoms with Gasteiger partial charge in [0, 0.05) is 34.9 Å². The van der Waals surface area contributed by atoms with E-state index in [2.05, 4.69) is 46.3 Å². The number of carbonyl (C=O) groups excluding carboxylic acids is 1. The zero-order valence-electron chi connectivity index (χ0n) is 19.5. The first-order valence-electron chi connectivity index (χ1n) is 11.9. The standard InChI is InChI=1S/C24H20N2O2.2C2H6/c27-12-11-26-19-8-4-3-7-17(19)21-22-18(13-25-24(22)28)16-10-9-14-5-1-2-6-15(14)20(16)23(21)26;2*1-2/h1-8,27H,9-13H2,(H,25,28);2*1-2H3. The normalized spacial score (nSPS) is 13.3. The van der Waals surface area contributed by atoms with Crippen molar-refractivity contribution in [2.24, 2.45) is 0 Å². The molecule has 2 heterocycles. The number of rotatable bonds is 2. The van der Waals surface area contributed by atoms with E-state index in [9.17, 15) is 9.90 Å². The van der Waals surface area contributed by atoms with Crippen LogP contribution in [0.25, 0.3) is 32.9 Å². The Kier molecular flexibility index (Phi) is 6.33. The van der Waals surface area contributed by atoms with Gasteiger partial charge >= 0.3 is 0 Å². The summed E-state index contributed by atoms with van der Waals surface area (Å²) in [5.41, 5.74) is 9.32. The Balaban J connectivity index is 0.000000582. The second-order valence-corrected chi connectivity index (χ2v) is 7.66. The Morgan fingerprint density at radius 1 is 0.906 bits per heavy atom. The predicted octanol–water partition coefficient (Wildman–Crippen LogP) is 5.85. The molecule has 2 aliphatic rings. The van der Waals surface area contributed by atoms with Gasteiger partial charge in [-0.25, -0.2) is 0 Å². The molecule has 1 aliphatic heterocycles. The number of nitrogens with one attached hydrogen (secondary N) is 1. The average molecular weight is 429 g/mol. The monoisotopic (exact) mass is 428 g/mol. The molecule has 1 amide bonds. The average Bonchev–Trinajstić information content (AvgIpc) is 3.40. The number of fused-ring (bicyclic) bond motifs is 10. The number of aliphatic hydroxyl groups is 1. The number of carbonyl (C=O) groups is 1. The molecular weight excluding hydrogens is 396 g/mol. The Hall–Kier alpha value is -3.11. The molecule has 0 bridgehead atoms. The van der Waals surface area contributed by atoms with Gasteiger partial charge in [0.25, 0.3) is 5.91 Å². The molecule has 1 aliphatic carbocycles. The lowest BCUT2D eigenvalue weighted by Gasteiger charge is -2.24. The molecule has 32 heavy (non-hydrogen) atoms. The Bertz CT molecular complexity index is 1300. The summed E-state index contributed by atoms with van der Waals surface area (Å²) in [6, 6.07) is 16.8. The summed E-state index contributed by atoms with van der Waals surface area (Å²) in [6.07, 6.45) is 1.94. The third kappa shape index (κ3) is 3.13. The van der Waals surface area contributed by atoms with Gasteiger partial charge < -0.3 is 15.0 Å². The van der Waals surface area contributed by atoms with E-state index < -0.39 is 0 Å². The van der Waals surface area contributed by atoms with E-state index in [4.69, 9.17) is 0 Å². The molecule has 4 aromatic rings. The maximum absolute atomic E-state index is 12.9. The van der Waals surface area contributed by atoms with Crippen LogP contribution in [0.5, 0.6) is 0 Å². The molecule has 0 atom stereocenters. The van der Waals surface area contributed by atoms with Crippen LogP contribution in [0.3, 0.4) is 0 Å². The molecule has 0 unspecified atom stereocenters. The third-order valence-electron chi connectivity index (χ3n) is 6.33. The van der Waals surface area contributed by atoms with E-state index in [1.165, 1.54) is 22.3 Å². The van der Waals surface area contributed by atoms with E-state index >= 15 is 0 Å². The van der Waals surface area contributed by atoms with Gasteiger partial charge in [0.15, 0.2) is 0 Å². The molecule has 0 fully saturated rings. The highest BCUT2D eigenvalue weighted by Crippen LogP contribution is 2.46. The van der Waals surface area contributed by atoms with Gasteiger partial charge in [-0.3, -0.25) is 4.79 Å². The number of hydrogen-bond acceptors (Lipinski definition) is 2. The second-order valence-electron chi connectivity index (χ2n) is 7.66. The topological polar surface area (TPSA) is 54.3 Å². The lowest BCUT2D eigenvalue weighted by Crippen LogP contribution is -2.12. The number of para-hydroxylation sites is 1. The van der Waals surface area contributed by atoms with Gasteiger partial charge in [-0.1, -0.05) is 70.2 Å². The number of aromatic nitrogens is 1. The number of aliphatic hydroxyl groups excluding tert-OH is 1. The van der Waals surface area contributed by atoms with Crippen LogP contribution in [0.2, 0.25) is 0 Å². The first-order valence-corrected chi connectivity index (χ1v) is 11.9. The summed E-state index contributed by atoms with van der Waals surface area (Å²) < 4.78 is 2.21. The van der Waals surface area contributed by atoms with Crippen LogP contribution < -0.4 is 5.32 Å². The quantitative estimate of drug-likeness (QED) is 0.421. The largest absolute Gasteiger partial charge is 0.395 e. The highest BCUT2D eigenvalue weighted by molar-refractivity contribution is 6.23. The maximum Gasteiger partial charge on any atom is 0.252 e. The zero-order chi connectivity index (χ0) is 22.8. The van der Waals surface area contributed by atoms with Crippen molar-refractivity contribution in [3.63, 3.8) is 0 Å². The van der Waals surface area contributed by atoms with Crippen molar-refractivity contribution in [1.82, 2.24) is 9.88 Å². The highest BCUT2D eigenvalue weighted by atomic mass is 16.3. The number of benzene rings is 3. The van der Waals surface area contributed by atoms with Gasteiger partial charge in [0.2, 0.25) is 0 Å². The van der Waals surface area contributed by atoms with E-state index in [0.29, 0.717) is 13.1 Å². The Labute approximate surface area is 189 Å². The van der Waals surface area contributed by atoms with Crippen LogP contribution in [0, 0.1) is 0 Å². The molecule has 0 saturated heterocycles. The van der Waals surface area contributed by atoms with Crippen LogP contribution in [0.15, 0.2) is 48.5 Å². The van der Waals surface area contributed by atoms with E-state index in [0.717, 1.165) is 45.8 Å². The van der Waals surface area contributed by atoms with Crippen molar-refractivity contribution in [3.05, 3.63) is 70.8 Å². The van der Waals surface area contributed by atoms with E-state index in [1.54, 1.807) is 0 Å². The summed E-state index contributed by atoms with van der Waals surface area (Å²) in [5, 5.41) is 15.0. The van der Waals surface area contributed by atoms with E-state index in [1.807, 2.05) is 39.8 Å². The maximum atomic E-state index is 12.9. The van der Waals surface area contributed by atoms with Crippen molar-refractivity contribution in [2.75, 3.05) is 6.61 Å². The van der Waals surface area contributed by atoms with Gasteiger partial charge in [0.05, 0.1) is 17.7 Å². The van der Waals surface area contributed by atoms with Gasteiger partial charge in [-0.05, 0) is 41.2 Å². The van der Waals surface area contributed by atoms with Crippen molar-refractivity contribution in [3.8, 4) is 11.1 Å². The van der Waals surface area contributed by atoms with Crippen molar-refractivity contribution in [2.45, 2.75) is 53.6 Å². The molecule has 0 saturated carbocycles. The smallest absolute Gasteiger partial charge is 0.252 e. The summed E-state index contributed by atoms with van der Waals surface area (Å²) in [6.45, 7) is 9.18. The number of aryl methyl sites for hydroxylation is 1. The summed E-state index contributed by atoms with van der Waals surface area (Å²) in [4.78, 5) is 12.9. The van der Waals surface area contributed by atoms with Crippen LogP contribution in [-0.2, 0) is 25.9 Å². The molecule has 2 N–H and O–H groups in total. The number of hydrogen-bond donors (Lipinski definition) is 2. The fourth-order valence-corrected chi connectivity index (χ4v) is 5.25. The van der Waals surface area contributed by atoms with Crippen LogP contribution in [-0.4, -0.2) is 22.2 Å². The minimum absolute atomic E-state index is 0.0218. The van der Waals surface area contributed by atoms with Crippen molar-refractivity contribution >= 4 is 27.7 Å². The highest BCUT2D eigenvalue weighted by Gasteiger charge is 2.33. The third-order valence-corrected chi connectivity index (χ3v) is 6.33. The number of amides is 1. The van der Waals surface area contributed by atoms with Gasteiger partial charge in [0.1, 0.15) is 0 Å². The lowest BCUT2D eigenvalue weighted by molar-refractivity contribution is 0.0967. The fraction of sp³-hybridized carbons (Fsp3) is 0.321. The fourth-order valence-electron chi connectivity index (χ4n) is 5.25. The zero-order valence-corrected chi connectivity index (χ0v) is 19.5. The Morgan fingerprint density at radius 2 is 1.62 bits per heavy atom. The van der Waals surface area contributed by atoms with E-state index in [-0.39, 0.29) is 12.5 Å². The van der Waals surface area contributed by atoms with Crippen LogP contribution >= 0.6 is 0 Å². The predicted molar refractivity (Wildman–Crippen MR) is 133 cm³/mol. The minimum Gasteiger partial charge on any atom is -0.395 e. The molecule has 6 rings (SSSR count). The molecule has 4 heteroatoms. The van der Waals surface area contributed by atoms with Gasteiger partial charge in [-0.15, -0.1) is 0 Å². The molecule has 3 aromatic carbocycles. The van der Waals surface area contributed by atoms with Crippen molar-refractivity contribution in [1.29, 1.82) is 0 Å². The SMILES string of the molecule is CC.CC.O=C1NCc2c3c(c4c(c21)c1ccccc1n4CCO)-c1ccccc1CC3. The lowest BCUT2D eigenvalue weighted by atomic mass is 9.80. The van der Waals surface area contributed by atoms with Crippen molar-refractivity contribution < 1.29 is 9.90 Å². The molecular formula is C28H32N2O2. The van der Waals surface area contributed by atoms with Crippen LogP contribution in [0.4, 0.5) is 0 Å². The molecule has 1 aromatic heterocycles. The summed E-state index contributed by atoms with van der Waals surface area (Å²) in [5.74, 6) is 0.0218. The first-order chi connectivity index (χ1) is 15.8. The summed E-state index contributed by atoms with van der Waals surface area (Å²) in [7, 11) is 0.